The van der Waals surface area contributed by atoms with E-state index in [0.717, 1.165) is 67.2 Å². The molecular formula is C50H35BN3O. The summed E-state index contributed by atoms with van der Waals surface area (Å²) in [6.45, 7) is 4.31. The molecule has 0 saturated carbocycles. The van der Waals surface area contributed by atoms with E-state index in [1.165, 1.54) is 43.9 Å². The number of anilines is 5. The lowest BCUT2D eigenvalue weighted by molar-refractivity contribution is 0.669. The highest BCUT2D eigenvalue weighted by molar-refractivity contribution is 6.73. The van der Waals surface area contributed by atoms with Crippen LogP contribution in [0.2, 0.25) is 0 Å². The van der Waals surface area contributed by atoms with E-state index < -0.39 is 0 Å². The van der Waals surface area contributed by atoms with Gasteiger partial charge in [-0.25, -0.2) is 0 Å². The van der Waals surface area contributed by atoms with Crippen molar-refractivity contribution in [1.29, 1.82) is 0 Å². The molecule has 0 aliphatic carbocycles. The summed E-state index contributed by atoms with van der Waals surface area (Å²) in [5.74, 6) is 0. The van der Waals surface area contributed by atoms with Crippen molar-refractivity contribution >= 4 is 90.4 Å². The Bertz CT molecular complexity index is 3090. The fourth-order valence-electron chi connectivity index (χ4n) is 8.68. The number of furan rings is 1. The third-order valence-electron chi connectivity index (χ3n) is 11.2. The summed E-state index contributed by atoms with van der Waals surface area (Å²) >= 11 is 0. The van der Waals surface area contributed by atoms with Crippen molar-refractivity contribution in [3.05, 3.63) is 181 Å². The normalized spacial score (nSPS) is 12.0. The molecule has 0 bridgehead atoms. The van der Waals surface area contributed by atoms with Crippen LogP contribution in [0, 0.1) is 13.8 Å². The topological polar surface area (TPSA) is 33.3 Å². The molecule has 10 aromatic rings. The van der Waals surface area contributed by atoms with E-state index >= 15 is 0 Å². The van der Waals surface area contributed by atoms with Crippen LogP contribution >= 0.6 is 0 Å². The van der Waals surface area contributed by atoms with Gasteiger partial charge in [-0.2, -0.15) is 0 Å². The molecule has 55 heavy (non-hydrogen) atoms. The number of hydrogen-bond donors (Lipinski definition) is 1. The van der Waals surface area contributed by atoms with E-state index in [0.29, 0.717) is 0 Å². The Balaban J connectivity index is 1.27. The van der Waals surface area contributed by atoms with Gasteiger partial charge >= 0.3 is 0 Å². The molecule has 259 valence electrons. The number of nitrogens with zero attached hydrogens (tertiary/aromatic N) is 2. The van der Waals surface area contributed by atoms with Crippen LogP contribution in [0.1, 0.15) is 11.1 Å². The average Bonchev–Trinajstić information content (AvgIpc) is 3.76. The first-order chi connectivity index (χ1) is 27.1. The molecule has 1 N–H and O–H groups in total. The van der Waals surface area contributed by atoms with Gasteiger partial charge in [0.25, 0.3) is 0 Å². The highest BCUT2D eigenvalue weighted by atomic mass is 16.3. The van der Waals surface area contributed by atoms with Gasteiger partial charge < -0.3 is 19.2 Å². The number of rotatable bonds is 6. The second-order valence-corrected chi connectivity index (χ2v) is 14.6. The highest BCUT2D eigenvalue weighted by Crippen LogP contribution is 2.44. The molecule has 11 rings (SSSR count). The van der Waals surface area contributed by atoms with Gasteiger partial charge in [-0.1, -0.05) is 114 Å². The Kier molecular flexibility index (Phi) is 7.05. The van der Waals surface area contributed by atoms with Crippen LogP contribution in [0.4, 0.5) is 28.4 Å². The summed E-state index contributed by atoms with van der Waals surface area (Å²) < 4.78 is 9.01. The molecular weight excluding hydrogens is 669 g/mol. The van der Waals surface area contributed by atoms with Gasteiger partial charge in [-0.15, -0.1) is 0 Å². The van der Waals surface area contributed by atoms with E-state index in [9.17, 15) is 0 Å². The fraction of sp³-hybridized carbons (Fsp3) is 0.0400. The van der Waals surface area contributed by atoms with Crippen molar-refractivity contribution in [3.63, 3.8) is 0 Å². The van der Waals surface area contributed by atoms with Crippen LogP contribution in [-0.4, -0.2) is 11.8 Å². The van der Waals surface area contributed by atoms with E-state index in [1.807, 2.05) is 6.07 Å². The van der Waals surface area contributed by atoms with Crippen molar-refractivity contribution in [3.8, 4) is 16.8 Å². The summed E-state index contributed by atoms with van der Waals surface area (Å²) in [6.07, 6.45) is 0. The quantitative estimate of drug-likeness (QED) is 0.175. The van der Waals surface area contributed by atoms with Crippen molar-refractivity contribution in [2.75, 3.05) is 10.2 Å². The number of aromatic nitrogens is 1. The summed E-state index contributed by atoms with van der Waals surface area (Å²) in [5.41, 5.74) is 17.6. The summed E-state index contributed by atoms with van der Waals surface area (Å²) in [7, 11) is 2.39. The first-order valence-electron chi connectivity index (χ1n) is 18.8. The van der Waals surface area contributed by atoms with Crippen molar-refractivity contribution in [2.45, 2.75) is 13.8 Å². The average molecular weight is 705 g/mol. The molecule has 2 aromatic heterocycles. The van der Waals surface area contributed by atoms with E-state index in [2.05, 4.69) is 200 Å². The van der Waals surface area contributed by atoms with Gasteiger partial charge in [0.05, 0.1) is 11.2 Å². The Morgan fingerprint density at radius 1 is 0.527 bits per heavy atom. The van der Waals surface area contributed by atoms with Crippen LogP contribution in [-0.2, 0) is 0 Å². The second-order valence-electron chi connectivity index (χ2n) is 14.6. The number of benzene rings is 8. The Morgan fingerprint density at radius 3 is 2.02 bits per heavy atom. The smallest absolute Gasteiger partial charge is 0.197 e. The summed E-state index contributed by atoms with van der Waals surface area (Å²) in [6, 6.07) is 61.0. The maximum Gasteiger partial charge on any atom is 0.197 e. The second kappa shape index (κ2) is 12.3. The van der Waals surface area contributed by atoms with Gasteiger partial charge in [0, 0.05) is 67.1 Å². The van der Waals surface area contributed by atoms with Gasteiger partial charge in [0.2, 0.25) is 0 Å². The minimum Gasteiger partial charge on any atom is -0.456 e. The molecule has 0 spiro atoms. The Morgan fingerprint density at radius 2 is 1.24 bits per heavy atom. The lowest BCUT2D eigenvalue weighted by Gasteiger charge is -2.30. The van der Waals surface area contributed by atoms with Gasteiger partial charge in [0.15, 0.2) is 7.28 Å². The summed E-state index contributed by atoms with van der Waals surface area (Å²) in [4.78, 5) is 2.37. The number of nitrogens with one attached hydrogen (secondary N) is 1. The molecule has 0 atom stereocenters. The van der Waals surface area contributed by atoms with Crippen LogP contribution < -0.4 is 21.1 Å². The van der Waals surface area contributed by atoms with Crippen molar-refractivity contribution in [1.82, 2.24) is 4.57 Å². The highest BCUT2D eigenvalue weighted by Gasteiger charge is 2.29. The zero-order valence-electron chi connectivity index (χ0n) is 30.5. The Hall–Kier alpha value is -6.98. The molecule has 8 aromatic carbocycles. The monoisotopic (exact) mass is 704 g/mol. The van der Waals surface area contributed by atoms with E-state index in [-0.39, 0.29) is 0 Å². The Labute approximate surface area is 320 Å². The fourth-order valence-corrected chi connectivity index (χ4v) is 8.68. The van der Waals surface area contributed by atoms with Crippen LogP contribution in [0.25, 0.3) is 60.6 Å². The van der Waals surface area contributed by atoms with Crippen LogP contribution in [0.3, 0.4) is 0 Å². The standard InChI is InChI=1S/C50H35BN3O/c1-31-24-25-43(32(2)26-31)52-44-30-48-40(37-19-10-12-23-47(37)55-48)29-39(44)41-27-35(53(33-14-5-3-6-15-33)34-16-7-4-8-17-34)28-46-49(41)51-42-21-13-20-38-36-18-9-11-22-45(36)54(46)50(38)42/h3-30,52H,1-2H3. The zero-order chi connectivity index (χ0) is 36.6. The van der Waals surface area contributed by atoms with Gasteiger partial charge in [0.1, 0.15) is 11.2 Å². The SMILES string of the molecule is Cc1ccc(Nc2cc3oc4ccccc4c3cc2-c2cc(N(c3ccccc3)c3ccccc3)cc3c2[B]c2cccc4c5ccccc5n-3c24)c(C)c1. The minimum atomic E-state index is 0.852. The molecule has 0 unspecified atom stereocenters. The number of para-hydroxylation sites is 5. The molecule has 0 amide bonds. The van der Waals surface area contributed by atoms with Gasteiger partial charge in [-0.3, -0.25) is 0 Å². The van der Waals surface area contributed by atoms with E-state index in [4.69, 9.17) is 4.42 Å². The van der Waals surface area contributed by atoms with E-state index in [1.54, 1.807) is 0 Å². The molecule has 1 aliphatic rings. The lowest BCUT2D eigenvalue weighted by atomic mass is 9.59. The predicted molar refractivity (Wildman–Crippen MR) is 232 cm³/mol. The summed E-state index contributed by atoms with van der Waals surface area (Å²) in [5, 5.41) is 8.59. The lowest BCUT2D eigenvalue weighted by Crippen LogP contribution is -2.37. The molecule has 4 nitrogen and oxygen atoms in total. The molecule has 1 aliphatic heterocycles. The third kappa shape index (κ3) is 5.00. The first kappa shape index (κ1) is 31.5. The molecule has 1 radical (unpaired) electrons. The van der Waals surface area contributed by atoms with Crippen LogP contribution in [0.5, 0.6) is 0 Å². The molecule has 5 heteroatoms. The maximum atomic E-state index is 6.52. The third-order valence-corrected chi connectivity index (χ3v) is 11.2. The van der Waals surface area contributed by atoms with Crippen molar-refractivity contribution in [2.24, 2.45) is 0 Å². The predicted octanol–water partition coefficient (Wildman–Crippen LogP) is 12.1. The zero-order valence-corrected chi connectivity index (χ0v) is 30.5. The number of hydrogen-bond acceptors (Lipinski definition) is 3. The number of fused-ring (bicyclic) bond motifs is 8. The molecule has 0 saturated heterocycles. The number of aryl methyl sites for hydroxylation is 2. The van der Waals surface area contributed by atoms with Crippen LogP contribution in [0.15, 0.2) is 174 Å². The van der Waals surface area contributed by atoms with Crippen molar-refractivity contribution < 1.29 is 4.42 Å². The maximum absolute atomic E-state index is 6.52. The minimum absolute atomic E-state index is 0.852. The largest absolute Gasteiger partial charge is 0.456 e. The van der Waals surface area contributed by atoms with Gasteiger partial charge in [-0.05, 0) is 91.1 Å². The molecule has 0 fully saturated rings. The molecule has 3 heterocycles. The first-order valence-corrected chi connectivity index (χ1v) is 18.8.